The summed E-state index contributed by atoms with van der Waals surface area (Å²) in [5.41, 5.74) is 3.43. The van der Waals surface area contributed by atoms with Crippen LogP contribution in [0, 0.1) is 24.0 Å². The third-order valence-electron chi connectivity index (χ3n) is 4.42. The predicted octanol–water partition coefficient (Wildman–Crippen LogP) is 2.93. The van der Waals surface area contributed by atoms with Crippen LogP contribution in [0.5, 0.6) is 5.75 Å². The van der Waals surface area contributed by atoms with Crippen molar-refractivity contribution in [3.05, 3.63) is 75.5 Å². The Labute approximate surface area is 176 Å². The number of nitrogens with zero attached hydrogens (tertiary/aromatic N) is 4. The fourth-order valence-corrected chi connectivity index (χ4v) is 2.84. The van der Waals surface area contributed by atoms with Crippen LogP contribution in [0.2, 0.25) is 0 Å². The maximum atomic E-state index is 12.3. The molecular weight excluding hydrogens is 406 g/mol. The van der Waals surface area contributed by atoms with Gasteiger partial charge < -0.3 is 9.15 Å². The van der Waals surface area contributed by atoms with Gasteiger partial charge in [0.15, 0.2) is 0 Å². The van der Waals surface area contributed by atoms with E-state index in [1.165, 1.54) is 37.1 Å². The molecule has 0 saturated carbocycles. The summed E-state index contributed by atoms with van der Waals surface area (Å²) >= 11 is 0. The molecule has 1 atom stereocenters. The Bertz CT molecular complexity index is 1130. The van der Waals surface area contributed by atoms with Crippen LogP contribution in [0.25, 0.3) is 0 Å². The van der Waals surface area contributed by atoms with E-state index < -0.39 is 22.8 Å². The highest BCUT2D eigenvalue weighted by atomic mass is 16.6. The Kier molecular flexibility index (Phi) is 6.24. The standard InChI is InChI=1S/C20H19N5O6/c1-12-18(25(28)29)13(2)24(23-12)14(3)19(26)22-21-11-15-6-8-16(9-7-15)31-20(27)17-5-4-10-30-17/h4-11,14H,1-3H3,(H,22,26)/b21-11+. The second-order valence-electron chi connectivity index (χ2n) is 6.57. The molecular formula is C20H19N5O6. The lowest BCUT2D eigenvalue weighted by Crippen LogP contribution is -2.28. The zero-order chi connectivity index (χ0) is 22.5. The van der Waals surface area contributed by atoms with Gasteiger partial charge in [-0.05, 0) is 62.7 Å². The van der Waals surface area contributed by atoms with Crippen molar-refractivity contribution in [3.8, 4) is 5.75 Å². The first-order chi connectivity index (χ1) is 14.8. The number of hydrazone groups is 1. The van der Waals surface area contributed by atoms with E-state index in [1.54, 1.807) is 37.3 Å². The topological polar surface area (TPSA) is 142 Å². The van der Waals surface area contributed by atoms with Gasteiger partial charge in [-0.15, -0.1) is 0 Å². The molecule has 3 aromatic rings. The molecule has 1 unspecified atom stereocenters. The maximum absolute atomic E-state index is 12.3. The highest BCUT2D eigenvalue weighted by Crippen LogP contribution is 2.24. The van der Waals surface area contributed by atoms with Crippen LogP contribution in [0.3, 0.4) is 0 Å². The summed E-state index contributed by atoms with van der Waals surface area (Å²) in [6.07, 6.45) is 2.79. The largest absolute Gasteiger partial charge is 0.457 e. The van der Waals surface area contributed by atoms with Crippen LogP contribution >= 0.6 is 0 Å². The number of esters is 1. The number of aryl methyl sites for hydroxylation is 1. The molecule has 0 radical (unpaired) electrons. The average molecular weight is 425 g/mol. The van der Waals surface area contributed by atoms with Crippen molar-refractivity contribution < 1.29 is 23.7 Å². The zero-order valence-electron chi connectivity index (χ0n) is 16.9. The fraction of sp³-hybridized carbons (Fsp3) is 0.200. The highest BCUT2D eigenvalue weighted by Gasteiger charge is 2.26. The number of carbonyl (C=O) groups is 2. The molecule has 0 aliphatic carbocycles. The summed E-state index contributed by atoms with van der Waals surface area (Å²) in [7, 11) is 0. The summed E-state index contributed by atoms with van der Waals surface area (Å²) in [6, 6.07) is 8.72. The van der Waals surface area contributed by atoms with Crippen molar-refractivity contribution >= 4 is 23.8 Å². The van der Waals surface area contributed by atoms with Gasteiger partial charge in [0.05, 0.1) is 17.4 Å². The van der Waals surface area contributed by atoms with E-state index in [-0.39, 0.29) is 22.8 Å². The second-order valence-corrected chi connectivity index (χ2v) is 6.57. The van der Waals surface area contributed by atoms with Crippen molar-refractivity contribution in [1.29, 1.82) is 0 Å². The molecule has 0 fully saturated rings. The van der Waals surface area contributed by atoms with Gasteiger partial charge >= 0.3 is 11.7 Å². The van der Waals surface area contributed by atoms with Crippen molar-refractivity contribution in [2.45, 2.75) is 26.8 Å². The van der Waals surface area contributed by atoms with E-state index in [9.17, 15) is 19.7 Å². The molecule has 3 rings (SSSR count). The summed E-state index contributed by atoms with van der Waals surface area (Å²) in [6.45, 7) is 4.61. The van der Waals surface area contributed by atoms with Gasteiger partial charge in [-0.2, -0.15) is 10.2 Å². The van der Waals surface area contributed by atoms with Crippen molar-refractivity contribution in [1.82, 2.24) is 15.2 Å². The molecule has 1 N–H and O–H groups in total. The minimum atomic E-state index is -0.798. The van der Waals surface area contributed by atoms with Crippen LogP contribution in [-0.4, -0.2) is 32.8 Å². The first-order valence-electron chi connectivity index (χ1n) is 9.16. The van der Waals surface area contributed by atoms with E-state index in [4.69, 9.17) is 9.15 Å². The number of benzene rings is 1. The zero-order valence-corrected chi connectivity index (χ0v) is 16.9. The lowest BCUT2D eigenvalue weighted by Gasteiger charge is -2.11. The normalized spacial score (nSPS) is 12.0. The van der Waals surface area contributed by atoms with Crippen LogP contribution in [0.15, 0.2) is 52.2 Å². The molecule has 11 heteroatoms. The average Bonchev–Trinajstić information content (AvgIpc) is 3.36. The van der Waals surface area contributed by atoms with E-state index in [1.807, 2.05) is 0 Å². The monoisotopic (exact) mass is 425 g/mol. The molecule has 31 heavy (non-hydrogen) atoms. The lowest BCUT2D eigenvalue weighted by atomic mass is 10.2. The van der Waals surface area contributed by atoms with E-state index in [0.29, 0.717) is 11.3 Å². The van der Waals surface area contributed by atoms with Gasteiger partial charge in [0, 0.05) is 0 Å². The van der Waals surface area contributed by atoms with Gasteiger partial charge in [0.1, 0.15) is 23.2 Å². The van der Waals surface area contributed by atoms with Crippen molar-refractivity contribution in [2.75, 3.05) is 0 Å². The number of hydrogen-bond donors (Lipinski definition) is 1. The van der Waals surface area contributed by atoms with E-state index in [2.05, 4.69) is 15.6 Å². The number of hydrogen-bond acceptors (Lipinski definition) is 8. The summed E-state index contributed by atoms with van der Waals surface area (Å²) in [5.74, 6) is -0.685. The lowest BCUT2D eigenvalue weighted by molar-refractivity contribution is -0.386. The van der Waals surface area contributed by atoms with E-state index >= 15 is 0 Å². The van der Waals surface area contributed by atoms with Gasteiger partial charge in [0.25, 0.3) is 5.91 Å². The molecule has 0 aliphatic rings. The third kappa shape index (κ3) is 4.83. The molecule has 1 aromatic carbocycles. The van der Waals surface area contributed by atoms with Crippen LogP contribution in [0.1, 0.15) is 40.5 Å². The van der Waals surface area contributed by atoms with Crippen molar-refractivity contribution in [2.24, 2.45) is 5.10 Å². The van der Waals surface area contributed by atoms with Gasteiger partial charge in [-0.1, -0.05) is 0 Å². The number of ether oxygens (including phenoxy) is 1. The number of furan rings is 1. The van der Waals surface area contributed by atoms with Crippen LogP contribution in [-0.2, 0) is 4.79 Å². The molecule has 0 aliphatic heterocycles. The maximum Gasteiger partial charge on any atom is 0.379 e. The highest BCUT2D eigenvalue weighted by molar-refractivity contribution is 5.88. The third-order valence-corrected chi connectivity index (χ3v) is 4.42. The van der Waals surface area contributed by atoms with Crippen LogP contribution in [0.4, 0.5) is 5.69 Å². The predicted molar refractivity (Wildman–Crippen MR) is 109 cm³/mol. The number of carbonyl (C=O) groups excluding carboxylic acids is 2. The minimum absolute atomic E-state index is 0.0930. The number of rotatable bonds is 7. The fourth-order valence-electron chi connectivity index (χ4n) is 2.84. The number of nitrogens with one attached hydrogen (secondary N) is 1. The Morgan fingerprint density at radius 1 is 1.29 bits per heavy atom. The van der Waals surface area contributed by atoms with Gasteiger partial charge in [-0.3, -0.25) is 19.6 Å². The molecule has 0 bridgehead atoms. The molecule has 1 amide bonds. The summed E-state index contributed by atoms with van der Waals surface area (Å²) < 4.78 is 11.4. The molecule has 2 aromatic heterocycles. The molecule has 0 spiro atoms. The molecule has 0 saturated heterocycles. The summed E-state index contributed by atoms with van der Waals surface area (Å²) in [4.78, 5) is 34.8. The Morgan fingerprint density at radius 3 is 2.58 bits per heavy atom. The SMILES string of the molecule is Cc1nn(C(C)C(=O)N/N=C/c2ccc(OC(=O)c3ccco3)cc2)c(C)c1[N+](=O)[O-]. The molecule has 2 heterocycles. The minimum Gasteiger partial charge on any atom is -0.457 e. The number of nitro groups is 1. The second kappa shape index (κ2) is 9.03. The summed E-state index contributed by atoms with van der Waals surface area (Å²) in [5, 5.41) is 19.1. The van der Waals surface area contributed by atoms with Crippen molar-refractivity contribution in [3.63, 3.8) is 0 Å². The smallest absolute Gasteiger partial charge is 0.379 e. The first-order valence-corrected chi connectivity index (χ1v) is 9.16. The Hall–Kier alpha value is -4.28. The van der Waals surface area contributed by atoms with Crippen LogP contribution < -0.4 is 10.2 Å². The quantitative estimate of drug-likeness (QED) is 0.202. The number of aromatic nitrogens is 2. The number of amides is 1. The molecule has 11 nitrogen and oxygen atoms in total. The molecule has 160 valence electrons. The van der Waals surface area contributed by atoms with Gasteiger partial charge in [0.2, 0.25) is 5.76 Å². The first kappa shape index (κ1) is 21.4. The van der Waals surface area contributed by atoms with E-state index in [0.717, 1.165) is 0 Å². The Morgan fingerprint density at radius 2 is 2.00 bits per heavy atom. The Balaban J connectivity index is 1.59. The van der Waals surface area contributed by atoms with Gasteiger partial charge in [-0.25, -0.2) is 10.2 Å².